The van der Waals surface area contributed by atoms with Crippen LogP contribution >= 0.6 is 11.6 Å². The fraction of sp³-hybridized carbons (Fsp3) is 0.938. The maximum absolute atomic E-state index is 12.5. The van der Waals surface area contributed by atoms with Crippen molar-refractivity contribution in [3.63, 3.8) is 0 Å². The topological polar surface area (TPSA) is 71.6 Å². The van der Waals surface area contributed by atoms with Crippen LogP contribution in [0.2, 0.25) is 0 Å². The molecule has 3 fully saturated rings. The predicted molar refractivity (Wildman–Crippen MR) is 80.8 cm³/mol. The molecule has 0 aliphatic carbocycles. The van der Waals surface area contributed by atoms with Crippen LogP contribution in [0.25, 0.3) is 0 Å². The van der Waals surface area contributed by atoms with Crippen molar-refractivity contribution in [2.24, 2.45) is 5.41 Å². The number of hydrogen-bond acceptors (Lipinski definition) is 5. The third kappa shape index (κ3) is 3.14. The summed E-state index contributed by atoms with van der Waals surface area (Å²) in [7, 11) is 0. The third-order valence-corrected chi connectivity index (χ3v) is 5.73. The van der Waals surface area contributed by atoms with Gasteiger partial charge in [-0.15, -0.1) is 11.6 Å². The van der Waals surface area contributed by atoms with E-state index >= 15 is 0 Å². The van der Waals surface area contributed by atoms with Crippen molar-refractivity contribution in [2.75, 3.05) is 0 Å². The van der Waals surface area contributed by atoms with E-state index < -0.39 is 16.9 Å². The highest BCUT2D eigenvalue weighted by Gasteiger charge is 2.63. The molecule has 0 radical (unpaired) electrons. The minimum Gasteiger partial charge on any atom is -0.462 e. The molecule has 0 unspecified atom stereocenters. The first kappa shape index (κ1) is 16.5. The van der Waals surface area contributed by atoms with E-state index in [0.717, 1.165) is 6.42 Å². The first-order valence-corrected chi connectivity index (χ1v) is 8.62. The van der Waals surface area contributed by atoms with Gasteiger partial charge >= 0.3 is 5.97 Å². The summed E-state index contributed by atoms with van der Waals surface area (Å²) in [5, 5.41) is 9.60. The molecule has 0 saturated carbocycles. The average molecular weight is 333 g/mol. The van der Waals surface area contributed by atoms with Crippen molar-refractivity contribution in [1.29, 1.82) is 0 Å². The summed E-state index contributed by atoms with van der Waals surface area (Å²) in [6.45, 7) is 5.60. The van der Waals surface area contributed by atoms with Gasteiger partial charge in [-0.25, -0.2) is 0 Å². The van der Waals surface area contributed by atoms with E-state index in [0.29, 0.717) is 19.3 Å². The van der Waals surface area contributed by atoms with Crippen molar-refractivity contribution in [3.8, 4) is 0 Å². The van der Waals surface area contributed by atoms with Gasteiger partial charge in [-0.05, 0) is 20.3 Å². The van der Waals surface area contributed by atoms with Gasteiger partial charge < -0.3 is 19.3 Å². The average Bonchev–Trinajstić information content (AvgIpc) is 3.30. The van der Waals surface area contributed by atoms with Crippen LogP contribution in [0.4, 0.5) is 0 Å². The van der Waals surface area contributed by atoms with Crippen molar-refractivity contribution in [3.05, 3.63) is 0 Å². The van der Waals surface area contributed by atoms with Gasteiger partial charge in [-0.1, -0.05) is 13.3 Å². The van der Waals surface area contributed by atoms with Gasteiger partial charge in [0, 0.05) is 12.8 Å². The Hall–Kier alpha value is -0.360. The zero-order valence-electron chi connectivity index (χ0n) is 13.3. The highest BCUT2D eigenvalue weighted by Crippen LogP contribution is 2.48. The van der Waals surface area contributed by atoms with Gasteiger partial charge in [-0.2, -0.15) is 0 Å². The number of carbonyl (C=O) groups is 1. The van der Waals surface area contributed by atoms with Crippen LogP contribution in [0.15, 0.2) is 0 Å². The van der Waals surface area contributed by atoms with Crippen LogP contribution in [0.1, 0.15) is 46.5 Å². The van der Waals surface area contributed by atoms with Crippen LogP contribution in [0.3, 0.4) is 0 Å². The van der Waals surface area contributed by atoms with Crippen LogP contribution in [-0.4, -0.2) is 53.1 Å². The van der Waals surface area contributed by atoms with Gasteiger partial charge in [0.15, 0.2) is 0 Å². The van der Waals surface area contributed by atoms with Gasteiger partial charge in [0.05, 0.1) is 23.0 Å². The second-order valence-corrected chi connectivity index (χ2v) is 7.74. The Morgan fingerprint density at radius 1 is 1.32 bits per heavy atom. The van der Waals surface area contributed by atoms with Crippen molar-refractivity contribution in [2.45, 2.75) is 88.5 Å². The first-order chi connectivity index (χ1) is 10.3. The molecule has 3 rings (SSSR count). The minimum absolute atomic E-state index is 0.00103. The molecule has 1 N–H and O–H groups in total. The Morgan fingerprint density at radius 2 is 2.05 bits per heavy atom. The number of ether oxygens (including phenoxy) is 3. The van der Waals surface area contributed by atoms with E-state index in [2.05, 4.69) is 0 Å². The molecule has 5 nitrogen and oxygen atoms in total. The highest BCUT2D eigenvalue weighted by molar-refractivity contribution is 6.23. The number of aliphatic hydroxyl groups is 1. The molecule has 0 spiro atoms. The highest BCUT2D eigenvalue weighted by atomic mass is 35.5. The van der Waals surface area contributed by atoms with E-state index in [9.17, 15) is 9.90 Å². The van der Waals surface area contributed by atoms with E-state index in [1.807, 2.05) is 6.92 Å². The van der Waals surface area contributed by atoms with Gasteiger partial charge in [0.2, 0.25) is 0 Å². The lowest BCUT2D eigenvalue weighted by Gasteiger charge is -2.30. The Labute approximate surface area is 136 Å². The molecule has 0 aromatic rings. The van der Waals surface area contributed by atoms with E-state index in [-0.39, 0.29) is 36.5 Å². The van der Waals surface area contributed by atoms with Gasteiger partial charge in [0.1, 0.15) is 24.4 Å². The number of fused-ring (bicyclic) bond motifs is 3. The molecular weight excluding hydrogens is 308 g/mol. The molecule has 0 aromatic heterocycles. The van der Waals surface area contributed by atoms with Crippen LogP contribution in [0, 0.1) is 5.41 Å². The molecule has 6 heteroatoms. The fourth-order valence-electron chi connectivity index (χ4n) is 3.30. The second-order valence-electron chi connectivity index (χ2n) is 7.27. The number of cyclic esters (lactones) is 1. The van der Waals surface area contributed by atoms with E-state index in [4.69, 9.17) is 25.8 Å². The Bertz CT molecular complexity index is 440. The molecule has 3 heterocycles. The van der Waals surface area contributed by atoms with Gasteiger partial charge in [0.25, 0.3) is 0 Å². The molecule has 3 aliphatic rings. The van der Waals surface area contributed by atoms with E-state index in [1.54, 1.807) is 13.8 Å². The number of carbonyl (C=O) groups excluding carboxylic acids is 1. The van der Waals surface area contributed by atoms with Gasteiger partial charge in [-0.3, -0.25) is 4.79 Å². The van der Waals surface area contributed by atoms with E-state index in [1.165, 1.54) is 0 Å². The van der Waals surface area contributed by atoms with Crippen molar-refractivity contribution < 1.29 is 24.1 Å². The Kier molecular flexibility index (Phi) is 4.45. The summed E-state index contributed by atoms with van der Waals surface area (Å²) in [6, 6.07) is 0. The molecule has 126 valence electrons. The lowest BCUT2D eigenvalue weighted by atomic mass is 9.85. The summed E-state index contributed by atoms with van der Waals surface area (Å²) in [6.07, 6.45) is 1.86. The lowest BCUT2D eigenvalue weighted by molar-refractivity contribution is -0.162. The number of hydrogen-bond donors (Lipinski definition) is 1. The molecule has 22 heavy (non-hydrogen) atoms. The SMILES string of the molecule is CCC[C@H](O)C[C@H]1C[C@@H]2O[C@@H]2[C@@H]2O[C@@H]2[C@@H](Cl)C(C)(C)C(=O)O1. The minimum atomic E-state index is -0.823. The largest absolute Gasteiger partial charge is 0.462 e. The third-order valence-electron chi connectivity index (χ3n) is 4.94. The Balaban J connectivity index is 1.72. The maximum atomic E-state index is 12.5. The smallest absolute Gasteiger partial charge is 0.313 e. The molecular formula is C16H25ClO5. The van der Waals surface area contributed by atoms with Crippen LogP contribution in [0.5, 0.6) is 0 Å². The number of epoxide rings is 2. The molecule has 0 aromatic carbocycles. The lowest BCUT2D eigenvalue weighted by Crippen LogP contribution is -2.42. The van der Waals surface area contributed by atoms with Crippen LogP contribution in [-0.2, 0) is 19.0 Å². The molecule has 0 amide bonds. The predicted octanol–water partition coefficient (Wildman–Crippen LogP) is 2.02. The van der Waals surface area contributed by atoms with Crippen molar-refractivity contribution >= 4 is 17.6 Å². The number of esters is 1. The zero-order valence-corrected chi connectivity index (χ0v) is 14.1. The quantitative estimate of drug-likeness (QED) is 0.484. The number of aliphatic hydroxyl groups excluding tert-OH is 1. The van der Waals surface area contributed by atoms with Crippen LogP contribution < -0.4 is 0 Å². The Morgan fingerprint density at radius 3 is 2.73 bits per heavy atom. The molecule has 3 saturated heterocycles. The summed E-state index contributed by atoms with van der Waals surface area (Å²) < 4.78 is 17.0. The molecule has 0 bridgehead atoms. The number of halogens is 1. The fourth-order valence-corrected chi connectivity index (χ4v) is 3.60. The number of alkyl halides is 1. The second kappa shape index (κ2) is 5.93. The molecule has 3 aliphatic heterocycles. The summed E-state index contributed by atoms with van der Waals surface area (Å²) in [5.41, 5.74) is -0.823. The monoisotopic (exact) mass is 332 g/mol. The summed E-state index contributed by atoms with van der Waals surface area (Å²) in [5.74, 6) is -0.324. The summed E-state index contributed by atoms with van der Waals surface area (Å²) >= 11 is 6.45. The first-order valence-electron chi connectivity index (χ1n) is 8.18. The normalized spacial score (nSPS) is 44.3. The zero-order chi connectivity index (χ0) is 16.1. The number of rotatable bonds is 4. The molecule has 7 atom stereocenters. The van der Waals surface area contributed by atoms with Crippen molar-refractivity contribution in [1.82, 2.24) is 0 Å². The standard InChI is InChI=1S/C16H25ClO5/c1-4-5-8(18)6-9-7-10-11(21-10)12-13(22-12)14(17)16(2,3)15(19)20-9/h8-14,18H,4-7H2,1-3H3/t8-,9-,10-,11-,12-,13-,14+/m0/s1. The maximum Gasteiger partial charge on any atom is 0.313 e. The summed E-state index contributed by atoms with van der Waals surface area (Å²) in [4.78, 5) is 12.5.